The van der Waals surface area contributed by atoms with E-state index in [0.29, 0.717) is 0 Å². The van der Waals surface area contributed by atoms with Gasteiger partial charge in [-0.25, -0.2) is 9.36 Å². The summed E-state index contributed by atoms with van der Waals surface area (Å²) in [6, 6.07) is 10.4. The molecule has 19 heavy (non-hydrogen) atoms. The molecule has 0 saturated carbocycles. The lowest BCUT2D eigenvalue weighted by Crippen LogP contribution is -2.31. The molecular weight excluding hydrogens is 240 g/mol. The molecule has 2 rings (SSSR count). The average Bonchev–Trinajstić information content (AvgIpc) is 2.46. The van der Waals surface area contributed by atoms with Crippen LogP contribution >= 0.6 is 0 Å². The lowest BCUT2D eigenvalue weighted by atomic mass is 10.2. The molecule has 0 spiro atoms. The van der Waals surface area contributed by atoms with Gasteiger partial charge in [-0.3, -0.25) is 4.99 Å². The molecule has 0 aliphatic rings. The third-order valence-electron chi connectivity index (χ3n) is 2.72. The molecule has 0 amide bonds. The fourth-order valence-electron chi connectivity index (χ4n) is 1.65. The van der Waals surface area contributed by atoms with Gasteiger partial charge < -0.3 is 5.11 Å². The molecule has 0 aliphatic carbocycles. The van der Waals surface area contributed by atoms with Crippen molar-refractivity contribution in [3.63, 3.8) is 0 Å². The van der Waals surface area contributed by atoms with Gasteiger partial charge in [0.15, 0.2) is 12.4 Å². The van der Waals surface area contributed by atoms with E-state index < -0.39 is 5.97 Å². The van der Waals surface area contributed by atoms with Gasteiger partial charge in [0.25, 0.3) is 0 Å². The number of benzene rings is 1. The number of pyridine rings is 1. The Hall–Kier alpha value is -2.49. The zero-order valence-corrected chi connectivity index (χ0v) is 10.7. The molecule has 1 heterocycles. The molecule has 0 radical (unpaired) electrons. The summed E-state index contributed by atoms with van der Waals surface area (Å²) in [7, 11) is 0. The van der Waals surface area contributed by atoms with Crippen molar-refractivity contribution in [2.45, 2.75) is 13.5 Å². The van der Waals surface area contributed by atoms with Gasteiger partial charge >= 0.3 is 5.97 Å². The van der Waals surface area contributed by atoms with Crippen LogP contribution in [0.1, 0.15) is 22.8 Å². The Bertz CT molecular complexity index is 604. The van der Waals surface area contributed by atoms with Crippen molar-refractivity contribution in [1.29, 1.82) is 0 Å². The predicted molar refractivity (Wildman–Crippen MR) is 73.0 cm³/mol. The number of aryl methyl sites for hydroxylation is 1. The third kappa shape index (κ3) is 3.48. The number of aromatic nitrogens is 1. The maximum atomic E-state index is 10.7. The van der Waals surface area contributed by atoms with E-state index in [0.717, 1.165) is 17.8 Å². The second kappa shape index (κ2) is 5.91. The van der Waals surface area contributed by atoms with E-state index in [2.05, 4.69) is 16.5 Å². The summed E-state index contributed by atoms with van der Waals surface area (Å²) < 4.78 is 2.06. The zero-order chi connectivity index (χ0) is 13.7. The van der Waals surface area contributed by atoms with E-state index in [9.17, 15) is 4.79 Å². The van der Waals surface area contributed by atoms with Crippen LogP contribution in [0.3, 0.4) is 0 Å². The van der Waals surface area contributed by atoms with E-state index in [1.54, 1.807) is 30.5 Å². The van der Waals surface area contributed by atoms with Crippen LogP contribution in [0.5, 0.6) is 0 Å². The van der Waals surface area contributed by atoms with Gasteiger partial charge in [0.2, 0.25) is 0 Å². The highest BCUT2D eigenvalue weighted by atomic mass is 16.4. The lowest BCUT2D eigenvalue weighted by Gasteiger charge is -1.96. The van der Waals surface area contributed by atoms with Crippen molar-refractivity contribution >= 4 is 17.9 Å². The van der Waals surface area contributed by atoms with Crippen molar-refractivity contribution in [2.75, 3.05) is 0 Å². The maximum Gasteiger partial charge on any atom is 0.335 e. The van der Waals surface area contributed by atoms with Crippen LogP contribution in [-0.2, 0) is 6.54 Å². The van der Waals surface area contributed by atoms with Gasteiger partial charge in [0.05, 0.1) is 16.8 Å². The standard InChI is InChI=1S/C15H14N2O2/c1-2-17-9-3-4-12(11-17)10-16-14-7-5-13(6-8-14)15(18)19/h3-11H,2H2,1H3/p+1. The first kappa shape index (κ1) is 13.0. The Kier molecular flexibility index (Phi) is 4.03. The van der Waals surface area contributed by atoms with Crippen LogP contribution < -0.4 is 4.57 Å². The van der Waals surface area contributed by atoms with E-state index in [-0.39, 0.29) is 5.56 Å². The highest BCUT2D eigenvalue weighted by Gasteiger charge is 2.01. The number of hydrogen-bond acceptors (Lipinski definition) is 2. The van der Waals surface area contributed by atoms with Crippen molar-refractivity contribution < 1.29 is 14.5 Å². The van der Waals surface area contributed by atoms with Gasteiger partial charge in [-0.15, -0.1) is 0 Å². The molecule has 4 nitrogen and oxygen atoms in total. The summed E-state index contributed by atoms with van der Waals surface area (Å²) >= 11 is 0. The number of aliphatic imine (C=N–C) groups is 1. The van der Waals surface area contributed by atoms with Gasteiger partial charge in [-0.2, -0.15) is 0 Å². The van der Waals surface area contributed by atoms with E-state index in [4.69, 9.17) is 5.11 Å². The predicted octanol–water partition coefficient (Wildman–Crippen LogP) is 2.44. The summed E-state index contributed by atoms with van der Waals surface area (Å²) in [6.07, 6.45) is 5.77. The summed E-state index contributed by atoms with van der Waals surface area (Å²) in [6.45, 7) is 2.99. The van der Waals surface area contributed by atoms with Crippen LogP contribution in [0.2, 0.25) is 0 Å². The first-order valence-electron chi connectivity index (χ1n) is 6.05. The van der Waals surface area contributed by atoms with Crippen LogP contribution in [-0.4, -0.2) is 17.3 Å². The molecule has 2 aromatic rings. The molecule has 1 aromatic heterocycles. The number of aromatic carboxylic acids is 1. The highest BCUT2D eigenvalue weighted by Crippen LogP contribution is 2.12. The SMILES string of the molecule is CC[n+]1cccc(C=Nc2ccc(C(=O)O)cc2)c1. The Morgan fingerprint density at radius 2 is 2.05 bits per heavy atom. The molecule has 96 valence electrons. The topological polar surface area (TPSA) is 53.5 Å². The normalized spacial score (nSPS) is 10.8. The number of hydrogen-bond donors (Lipinski definition) is 1. The van der Waals surface area contributed by atoms with Crippen LogP contribution in [0.25, 0.3) is 0 Å². The Morgan fingerprint density at radius 3 is 2.68 bits per heavy atom. The van der Waals surface area contributed by atoms with E-state index in [1.807, 2.05) is 24.5 Å². The van der Waals surface area contributed by atoms with Crippen molar-refractivity contribution in [1.82, 2.24) is 0 Å². The molecule has 0 fully saturated rings. The van der Waals surface area contributed by atoms with Crippen molar-refractivity contribution in [2.24, 2.45) is 4.99 Å². The first-order valence-corrected chi connectivity index (χ1v) is 6.05. The monoisotopic (exact) mass is 255 g/mol. The molecule has 1 aromatic carbocycles. The summed E-state index contributed by atoms with van der Waals surface area (Å²) in [5.41, 5.74) is 2.01. The van der Waals surface area contributed by atoms with Crippen LogP contribution in [0.4, 0.5) is 5.69 Å². The molecule has 1 N–H and O–H groups in total. The second-order valence-electron chi connectivity index (χ2n) is 4.08. The van der Waals surface area contributed by atoms with E-state index in [1.165, 1.54) is 0 Å². The minimum absolute atomic E-state index is 0.266. The Morgan fingerprint density at radius 1 is 1.32 bits per heavy atom. The van der Waals surface area contributed by atoms with Gasteiger partial charge in [0, 0.05) is 12.3 Å². The number of carboxylic acid groups (broad SMARTS) is 1. The minimum Gasteiger partial charge on any atom is -0.478 e. The number of rotatable bonds is 4. The maximum absolute atomic E-state index is 10.7. The Balaban J connectivity index is 2.15. The number of carboxylic acids is 1. The number of nitrogens with zero attached hydrogens (tertiary/aromatic N) is 2. The van der Waals surface area contributed by atoms with Gasteiger partial charge in [0.1, 0.15) is 6.54 Å². The molecule has 0 saturated heterocycles. The largest absolute Gasteiger partial charge is 0.478 e. The molecule has 0 atom stereocenters. The van der Waals surface area contributed by atoms with Crippen molar-refractivity contribution in [3.8, 4) is 0 Å². The lowest BCUT2D eigenvalue weighted by molar-refractivity contribution is -0.693. The molecule has 4 heteroatoms. The molecule has 0 unspecified atom stereocenters. The fourth-order valence-corrected chi connectivity index (χ4v) is 1.65. The van der Waals surface area contributed by atoms with E-state index >= 15 is 0 Å². The second-order valence-corrected chi connectivity index (χ2v) is 4.08. The zero-order valence-electron chi connectivity index (χ0n) is 10.7. The van der Waals surface area contributed by atoms with Crippen LogP contribution in [0.15, 0.2) is 53.8 Å². The van der Waals surface area contributed by atoms with Gasteiger partial charge in [-0.05, 0) is 37.3 Å². The van der Waals surface area contributed by atoms with Gasteiger partial charge in [-0.1, -0.05) is 0 Å². The van der Waals surface area contributed by atoms with Crippen molar-refractivity contribution in [3.05, 3.63) is 59.9 Å². The fraction of sp³-hybridized carbons (Fsp3) is 0.133. The first-order chi connectivity index (χ1) is 9.19. The summed E-state index contributed by atoms with van der Waals surface area (Å²) in [5, 5.41) is 8.80. The van der Waals surface area contributed by atoms with Crippen LogP contribution in [0, 0.1) is 0 Å². The summed E-state index contributed by atoms with van der Waals surface area (Å²) in [5.74, 6) is -0.928. The molecule has 0 aliphatic heterocycles. The smallest absolute Gasteiger partial charge is 0.335 e. The summed E-state index contributed by atoms with van der Waals surface area (Å²) in [4.78, 5) is 15.0. The molecule has 0 bridgehead atoms. The number of carbonyl (C=O) groups is 1. The Labute approximate surface area is 111 Å². The quantitative estimate of drug-likeness (QED) is 0.674. The molecular formula is C15H15N2O2+. The third-order valence-corrected chi connectivity index (χ3v) is 2.72. The highest BCUT2D eigenvalue weighted by molar-refractivity contribution is 5.88. The average molecular weight is 255 g/mol. The minimum atomic E-state index is -0.928.